The molecule has 2 aromatic heterocycles. The second kappa shape index (κ2) is 9.36. The van der Waals surface area contributed by atoms with Gasteiger partial charge in [0.15, 0.2) is 0 Å². The molecule has 0 saturated heterocycles. The maximum Gasteiger partial charge on any atom is 0.116 e. The summed E-state index contributed by atoms with van der Waals surface area (Å²) in [5.41, 5.74) is 5.19. The maximum absolute atomic E-state index is 9.38. The molecule has 0 bridgehead atoms. The molecule has 2 heterocycles. The summed E-state index contributed by atoms with van der Waals surface area (Å²) >= 11 is 3.39. The molecule has 4 aromatic rings. The number of nitrogens with zero attached hydrogens (tertiary/aromatic N) is 2. The zero-order valence-electron chi connectivity index (χ0n) is 17.0. The van der Waals surface area contributed by atoms with Crippen LogP contribution in [0.1, 0.15) is 52.4 Å². The van der Waals surface area contributed by atoms with E-state index in [9.17, 15) is 5.26 Å². The van der Waals surface area contributed by atoms with Gasteiger partial charge in [-0.1, -0.05) is 62.4 Å². The van der Waals surface area contributed by atoms with Crippen molar-refractivity contribution in [2.45, 2.75) is 32.4 Å². The zero-order chi connectivity index (χ0) is 20.9. The van der Waals surface area contributed by atoms with Gasteiger partial charge in [0.25, 0.3) is 0 Å². The van der Waals surface area contributed by atoms with E-state index >= 15 is 0 Å². The molecule has 0 spiro atoms. The van der Waals surface area contributed by atoms with Crippen LogP contribution in [0.4, 0.5) is 0 Å². The molecule has 5 heteroatoms. The summed E-state index contributed by atoms with van der Waals surface area (Å²) < 4.78 is 0. The Bertz CT molecular complexity index is 1140. The summed E-state index contributed by atoms with van der Waals surface area (Å²) in [5.74, 6) is 0.522. The average Bonchev–Trinajstić information content (AvgIpc) is 3.47. The number of rotatable bonds is 7. The van der Waals surface area contributed by atoms with Gasteiger partial charge >= 0.3 is 0 Å². The quantitative estimate of drug-likeness (QED) is 0.354. The van der Waals surface area contributed by atoms with E-state index in [2.05, 4.69) is 72.4 Å². The van der Waals surface area contributed by atoms with E-state index < -0.39 is 0 Å². The van der Waals surface area contributed by atoms with E-state index in [1.165, 1.54) is 10.4 Å². The summed E-state index contributed by atoms with van der Waals surface area (Å²) in [6.07, 6.45) is 0. The Labute approximate surface area is 185 Å². The fraction of sp³-hybridized carbons (Fsp3) is 0.200. The average molecular weight is 430 g/mol. The molecule has 1 unspecified atom stereocenters. The number of nitriles is 1. The molecule has 1 atom stereocenters. The van der Waals surface area contributed by atoms with Gasteiger partial charge in [0.1, 0.15) is 5.01 Å². The number of aromatic nitrogens is 1. The molecule has 30 heavy (non-hydrogen) atoms. The van der Waals surface area contributed by atoms with Crippen LogP contribution in [0.5, 0.6) is 0 Å². The largest absolute Gasteiger partial charge is 0.299 e. The lowest BCUT2D eigenvalue weighted by molar-refractivity contribution is 0.610. The van der Waals surface area contributed by atoms with Crippen molar-refractivity contribution in [2.75, 3.05) is 0 Å². The van der Waals surface area contributed by atoms with Gasteiger partial charge in [-0.2, -0.15) is 5.26 Å². The summed E-state index contributed by atoms with van der Waals surface area (Å²) in [7, 11) is 0. The van der Waals surface area contributed by atoms with Gasteiger partial charge in [-0.15, -0.1) is 22.7 Å². The van der Waals surface area contributed by atoms with E-state index in [4.69, 9.17) is 4.98 Å². The Morgan fingerprint density at radius 3 is 2.50 bits per heavy atom. The first-order chi connectivity index (χ1) is 14.7. The minimum absolute atomic E-state index is 0.00503. The summed E-state index contributed by atoms with van der Waals surface area (Å²) in [4.78, 5) is 6.19. The van der Waals surface area contributed by atoms with Crippen molar-refractivity contribution in [3.05, 3.63) is 98.0 Å². The van der Waals surface area contributed by atoms with Crippen LogP contribution >= 0.6 is 22.7 Å². The normalized spacial score (nSPS) is 12.1. The molecule has 0 amide bonds. The molecule has 0 aliphatic rings. The molecule has 0 saturated carbocycles. The number of hydrogen-bond acceptors (Lipinski definition) is 5. The molecule has 2 aromatic carbocycles. The third-order valence-electron chi connectivity index (χ3n) is 5.10. The van der Waals surface area contributed by atoms with Gasteiger partial charge in [-0.25, -0.2) is 4.98 Å². The van der Waals surface area contributed by atoms with Gasteiger partial charge in [-0.05, 0) is 34.6 Å². The number of thiophene rings is 1. The van der Waals surface area contributed by atoms with E-state index in [-0.39, 0.29) is 6.04 Å². The molecule has 0 aliphatic heterocycles. The van der Waals surface area contributed by atoms with Crippen molar-refractivity contribution < 1.29 is 0 Å². The monoisotopic (exact) mass is 429 g/mol. The predicted octanol–water partition coefficient (Wildman–Crippen LogP) is 6.75. The van der Waals surface area contributed by atoms with Crippen LogP contribution < -0.4 is 5.32 Å². The first kappa shape index (κ1) is 20.5. The highest BCUT2D eigenvalue weighted by molar-refractivity contribution is 7.11. The second-order valence-corrected chi connectivity index (χ2v) is 9.31. The Morgan fingerprint density at radius 1 is 1.00 bits per heavy atom. The maximum atomic E-state index is 9.38. The number of thiazole rings is 1. The van der Waals surface area contributed by atoms with Crippen LogP contribution in [0.25, 0.3) is 11.3 Å². The van der Waals surface area contributed by atoms with Crippen LogP contribution in [0.2, 0.25) is 0 Å². The van der Waals surface area contributed by atoms with Crippen LogP contribution in [0, 0.1) is 11.3 Å². The van der Waals surface area contributed by atoms with Crippen LogP contribution in [-0.4, -0.2) is 4.98 Å². The lowest BCUT2D eigenvalue weighted by Gasteiger charge is -2.16. The highest BCUT2D eigenvalue weighted by atomic mass is 32.1. The van der Waals surface area contributed by atoms with E-state index in [1.807, 2.05) is 24.3 Å². The van der Waals surface area contributed by atoms with Crippen LogP contribution in [-0.2, 0) is 6.54 Å². The van der Waals surface area contributed by atoms with Crippen molar-refractivity contribution in [1.29, 1.82) is 5.26 Å². The lowest BCUT2D eigenvalue weighted by atomic mass is 10.0. The van der Waals surface area contributed by atoms with Crippen molar-refractivity contribution in [3.8, 4) is 17.3 Å². The molecular weight excluding hydrogens is 406 g/mol. The molecular formula is C25H23N3S2. The second-order valence-electron chi connectivity index (χ2n) is 7.45. The molecule has 0 radical (unpaired) electrons. The molecule has 1 N–H and O–H groups in total. The van der Waals surface area contributed by atoms with Crippen molar-refractivity contribution >= 4 is 22.7 Å². The fourth-order valence-electron chi connectivity index (χ4n) is 3.35. The SMILES string of the molecule is CC(C)c1ccc(-c2csc(C(NCc3ccccc3C#N)c3cccs3)n2)cc1. The van der Waals surface area contributed by atoms with Crippen molar-refractivity contribution in [3.63, 3.8) is 0 Å². The summed E-state index contributed by atoms with van der Waals surface area (Å²) in [6, 6.07) is 22.9. The Hall–Kier alpha value is -2.78. The van der Waals surface area contributed by atoms with Crippen molar-refractivity contribution in [1.82, 2.24) is 10.3 Å². The third-order valence-corrected chi connectivity index (χ3v) is 6.95. The molecule has 150 valence electrons. The van der Waals surface area contributed by atoms with E-state index in [0.717, 1.165) is 21.8 Å². The summed E-state index contributed by atoms with van der Waals surface area (Å²) in [5, 5.41) is 18.3. The number of benzene rings is 2. The first-order valence-electron chi connectivity index (χ1n) is 9.96. The highest BCUT2D eigenvalue weighted by Crippen LogP contribution is 2.32. The Kier molecular flexibility index (Phi) is 6.39. The lowest BCUT2D eigenvalue weighted by Crippen LogP contribution is -2.21. The topological polar surface area (TPSA) is 48.7 Å². The van der Waals surface area contributed by atoms with Gasteiger partial charge in [0, 0.05) is 22.4 Å². The Morgan fingerprint density at radius 2 is 1.80 bits per heavy atom. The highest BCUT2D eigenvalue weighted by Gasteiger charge is 2.19. The molecule has 4 rings (SSSR count). The van der Waals surface area contributed by atoms with E-state index in [1.54, 1.807) is 22.7 Å². The number of hydrogen-bond donors (Lipinski definition) is 1. The molecule has 3 nitrogen and oxygen atoms in total. The predicted molar refractivity (Wildman–Crippen MR) is 126 cm³/mol. The van der Waals surface area contributed by atoms with Gasteiger partial charge in [0.2, 0.25) is 0 Å². The van der Waals surface area contributed by atoms with Crippen LogP contribution in [0.3, 0.4) is 0 Å². The van der Waals surface area contributed by atoms with Crippen molar-refractivity contribution in [2.24, 2.45) is 0 Å². The van der Waals surface area contributed by atoms with Gasteiger partial charge in [-0.3, -0.25) is 5.32 Å². The fourth-order valence-corrected chi connectivity index (χ4v) is 5.15. The minimum atomic E-state index is 0.00503. The number of nitrogens with one attached hydrogen (secondary N) is 1. The van der Waals surface area contributed by atoms with Crippen LogP contribution in [0.15, 0.2) is 71.4 Å². The minimum Gasteiger partial charge on any atom is -0.299 e. The Balaban J connectivity index is 1.59. The molecule has 0 fully saturated rings. The molecule has 0 aliphatic carbocycles. The van der Waals surface area contributed by atoms with Gasteiger partial charge < -0.3 is 0 Å². The first-order valence-corrected chi connectivity index (χ1v) is 11.7. The third kappa shape index (κ3) is 4.52. The zero-order valence-corrected chi connectivity index (χ0v) is 18.6. The van der Waals surface area contributed by atoms with Gasteiger partial charge in [0.05, 0.1) is 23.4 Å². The smallest absolute Gasteiger partial charge is 0.116 e. The van der Waals surface area contributed by atoms with E-state index in [0.29, 0.717) is 18.0 Å². The standard InChI is InChI=1S/C25H23N3S2/c1-17(2)18-9-11-19(12-10-18)22-16-30-25(28-22)24(23-8-5-13-29-23)27-15-21-7-4-3-6-20(21)14-26/h3-13,16-17,24,27H,15H2,1-2H3. The summed E-state index contributed by atoms with van der Waals surface area (Å²) in [6.45, 7) is 5.03.